The van der Waals surface area contributed by atoms with Crippen LogP contribution in [-0.4, -0.2) is 50.1 Å². The fourth-order valence-electron chi connectivity index (χ4n) is 3.26. The standard InChI is InChI=1S/C11H16F2O8S2/c1-6-3-7-4-10(2,21-22(7,15)16)8(6)9(14)20-5-11(12,13)23(17,18)19/h6-8H,3-5H2,1-2H3,(H,17,18,19). The first-order valence-corrected chi connectivity index (χ1v) is 9.57. The van der Waals surface area contributed by atoms with E-state index in [9.17, 15) is 30.4 Å². The van der Waals surface area contributed by atoms with E-state index in [0.717, 1.165) is 0 Å². The summed E-state index contributed by atoms with van der Waals surface area (Å²) in [5.74, 6) is -2.87. The Bertz CT molecular complexity index is 716. The van der Waals surface area contributed by atoms with Crippen molar-refractivity contribution in [1.82, 2.24) is 0 Å². The number of ether oxygens (including phenoxy) is 1. The van der Waals surface area contributed by atoms with Crippen molar-refractivity contribution in [2.75, 3.05) is 6.61 Å². The third-order valence-corrected chi connectivity index (χ3v) is 6.88. The first-order chi connectivity index (χ1) is 10.2. The van der Waals surface area contributed by atoms with Crippen LogP contribution in [0.4, 0.5) is 8.78 Å². The number of alkyl halides is 2. The van der Waals surface area contributed by atoms with Gasteiger partial charge in [-0.1, -0.05) is 6.92 Å². The van der Waals surface area contributed by atoms with Crippen LogP contribution in [0.25, 0.3) is 0 Å². The molecule has 0 spiro atoms. The smallest absolute Gasteiger partial charge is 0.402 e. The molecule has 4 atom stereocenters. The van der Waals surface area contributed by atoms with E-state index >= 15 is 0 Å². The van der Waals surface area contributed by atoms with Gasteiger partial charge in [0.1, 0.15) is 0 Å². The molecule has 1 aliphatic heterocycles. The summed E-state index contributed by atoms with van der Waals surface area (Å²) in [6, 6.07) is 0. The predicted molar refractivity (Wildman–Crippen MR) is 71.5 cm³/mol. The Hall–Kier alpha value is -0.850. The summed E-state index contributed by atoms with van der Waals surface area (Å²) in [6.45, 7) is 1.06. The van der Waals surface area contributed by atoms with Gasteiger partial charge < -0.3 is 4.74 Å². The number of carbonyl (C=O) groups is 1. The van der Waals surface area contributed by atoms with Crippen molar-refractivity contribution in [2.45, 2.75) is 42.8 Å². The molecule has 0 aromatic carbocycles. The number of esters is 1. The van der Waals surface area contributed by atoms with Gasteiger partial charge in [-0.05, 0) is 25.7 Å². The highest BCUT2D eigenvalue weighted by molar-refractivity contribution is 7.87. The maximum absolute atomic E-state index is 13.1. The molecule has 2 fully saturated rings. The van der Waals surface area contributed by atoms with Gasteiger partial charge in [0.2, 0.25) is 0 Å². The zero-order chi connectivity index (χ0) is 17.8. The lowest BCUT2D eigenvalue weighted by Gasteiger charge is -2.37. The zero-order valence-electron chi connectivity index (χ0n) is 12.2. The van der Waals surface area contributed by atoms with Crippen LogP contribution in [0.15, 0.2) is 0 Å². The van der Waals surface area contributed by atoms with E-state index in [1.54, 1.807) is 6.92 Å². The van der Waals surface area contributed by atoms with Crippen LogP contribution in [-0.2, 0) is 34.0 Å². The van der Waals surface area contributed by atoms with Gasteiger partial charge in [-0.25, -0.2) is 0 Å². The SMILES string of the molecule is CC1CC2CC(C)(OS2(=O)=O)C1C(=O)OCC(F)(F)S(=O)(=O)O. The normalized spacial score (nSPS) is 36.7. The highest BCUT2D eigenvalue weighted by Crippen LogP contribution is 2.50. The summed E-state index contributed by atoms with van der Waals surface area (Å²) >= 11 is 0. The average Bonchev–Trinajstić information content (AvgIpc) is 2.51. The van der Waals surface area contributed by atoms with Crippen molar-refractivity contribution in [1.29, 1.82) is 0 Å². The first-order valence-electron chi connectivity index (χ1n) is 6.65. The van der Waals surface area contributed by atoms with Gasteiger partial charge in [-0.2, -0.15) is 25.6 Å². The van der Waals surface area contributed by atoms with E-state index in [4.69, 9.17) is 8.74 Å². The van der Waals surface area contributed by atoms with Crippen molar-refractivity contribution in [2.24, 2.45) is 11.8 Å². The first kappa shape index (κ1) is 18.5. The molecule has 0 aromatic rings. The van der Waals surface area contributed by atoms with Crippen molar-refractivity contribution < 1.29 is 43.9 Å². The number of hydrogen-bond acceptors (Lipinski definition) is 7. The topological polar surface area (TPSA) is 124 Å². The molecular weight excluding hydrogens is 362 g/mol. The van der Waals surface area contributed by atoms with Crippen LogP contribution in [0.3, 0.4) is 0 Å². The molecule has 1 heterocycles. The van der Waals surface area contributed by atoms with Crippen LogP contribution in [0.5, 0.6) is 0 Å². The van der Waals surface area contributed by atoms with Crippen LogP contribution < -0.4 is 0 Å². The van der Waals surface area contributed by atoms with Crippen LogP contribution in [0.2, 0.25) is 0 Å². The lowest BCUT2D eigenvalue weighted by Crippen LogP contribution is -2.48. The van der Waals surface area contributed by atoms with Crippen molar-refractivity contribution in [3.8, 4) is 0 Å². The second-order valence-corrected chi connectivity index (χ2v) is 9.49. The van der Waals surface area contributed by atoms with E-state index < -0.39 is 60.8 Å². The summed E-state index contributed by atoms with van der Waals surface area (Å²) in [7, 11) is -9.56. The molecule has 0 radical (unpaired) electrons. The van der Waals surface area contributed by atoms with Crippen molar-refractivity contribution in [3.05, 3.63) is 0 Å². The Kier molecular flexibility index (Phi) is 4.28. The molecule has 8 nitrogen and oxygen atoms in total. The molecule has 2 aliphatic rings. The summed E-state index contributed by atoms with van der Waals surface area (Å²) in [4.78, 5) is 12.1. The minimum Gasteiger partial charge on any atom is -0.458 e. The van der Waals surface area contributed by atoms with Gasteiger partial charge in [0.25, 0.3) is 10.1 Å². The largest absolute Gasteiger partial charge is 0.458 e. The van der Waals surface area contributed by atoms with E-state index in [1.807, 2.05) is 0 Å². The Labute approximate surface area is 132 Å². The number of carbonyl (C=O) groups excluding carboxylic acids is 1. The molecule has 1 saturated heterocycles. The quantitative estimate of drug-likeness (QED) is 0.427. The number of rotatable bonds is 4. The van der Waals surface area contributed by atoms with Gasteiger partial charge in [0.05, 0.1) is 16.8 Å². The Balaban J connectivity index is 2.17. The molecule has 1 saturated carbocycles. The highest BCUT2D eigenvalue weighted by Gasteiger charge is 2.60. The minimum atomic E-state index is -5.72. The molecule has 4 unspecified atom stereocenters. The molecule has 134 valence electrons. The van der Waals surface area contributed by atoms with Crippen LogP contribution in [0, 0.1) is 11.8 Å². The molecule has 0 aromatic heterocycles. The van der Waals surface area contributed by atoms with E-state index in [0.29, 0.717) is 0 Å². The van der Waals surface area contributed by atoms with Crippen LogP contribution >= 0.6 is 0 Å². The summed E-state index contributed by atoms with van der Waals surface area (Å²) in [5, 5.41) is -5.42. The molecule has 2 bridgehead atoms. The molecule has 23 heavy (non-hydrogen) atoms. The molecule has 0 amide bonds. The predicted octanol–water partition coefficient (Wildman–Crippen LogP) is 0.544. The van der Waals surface area contributed by atoms with Crippen LogP contribution in [0.1, 0.15) is 26.7 Å². The third kappa shape index (κ3) is 3.21. The van der Waals surface area contributed by atoms with Gasteiger partial charge in [0.15, 0.2) is 6.61 Å². The molecule has 2 rings (SSSR count). The third-order valence-electron chi connectivity index (χ3n) is 4.22. The van der Waals surface area contributed by atoms with Gasteiger partial charge in [0, 0.05) is 0 Å². The molecule has 1 aliphatic carbocycles. The Morgan fingerprint density at radius 2 is 2.04 bits per heavy atom. The maximum Gasteiger partial charge on any atom is 0.402 e. The lowest BCUT2D eigenvalue weighted by molar-refractivity contribution is -0.166. The Morgan fingerprint density at radius 1 is 1.48 bits per heavy atom. The van der Waals surface area contributed by atoms with Gasteiger partial charge >= 0.3 is 21.3 Å². The van der Waals surface area contributed by atoms with Crippen molar-refractivity contribution >= 4 is 26.2 Å². The van der Waals surface area contributed by atoms with E-state index in [1.165, 1.54) is 6.92 Å². The fourth-order valence-corrected chi connectivity index (χ4v) is 5.38. The average molecular weight is 378 g/mol. The lowest BCUT2D eigenvalue weighted by atomic mass is 9.70. The monoisotopic (exact) mass is 378 g/mol. The second kappa shape index (κ2) is 5.33. The zero-order valence-corrected chi connectivity index (χ0v) is 13.9. The molecule has 1 N–H and O–H groups in total. The van der Waals surface area contributed by atoms with Crippen molar-refractivity contribution in [3.63, 3.8) is 0 Å². The Morgan fingerprint density at radius 3 is 2.57 bits per heavy atom. The van der Waals surface area contributed by atoms with E-state index in [2.05, 4.69) is 4.74 Å². The molecular formula is C11H16F2O8S2. The van der Waals surface area contributed by atoms with E-state index in [-0.39, 0.29) is 12.8 Å². The second-order valence-electron chi connectivity index (χ2n) is 6.13. The summed E-state index contributed by atoms with van der Waals surface area (Å²) in [6.07, 6.45) is 0.126. The number of halogens is 2. The minimum absolute atomic E-state index is 0.0220. The fraction of sp³-hybridized carbons (Fsp3) is 0.909. The summed E-state index contributed by atoms with van der Waals surface area (Å²) in [5.41, 5.74) is -1.42. The highest BCUT2D eigenvalue weighted by atomic mass is 32.2. The van der Waals surface area contributed by atoms with Gasteiger partial charge in [-0.3, -0.25) is 13.5 Å². The maximum atomic E-state index is 13.1. The molecule has 12 heteroatoms. The number of fused-ring (bicyclic) bond motifs is 2. The van der Waals surface area contributed by atoms with Gasteiger partial charge in [-0.15, -0.1) is 0 Å². The number of hydrogen-bond donors (Lipinski definition) is 1. The summed E-state index contributed by atoms with van der Waals surface area (Å²) < 4.78 is 88.5.